The molecule has 0 aliphatic heterocycles. The molecule has 0 aromatic rings. The number of hydrogen-bond acceptors (Lipinski definition) is 4. The third-order valence-electron chi connectivity index (χ3n) is 5.75. The van der Waals surface area contributed by atoms with Crippen molar-refractivity contribution in [3.05, 3.63) is 0 Å². The van der Waals surface area contributed by atoms with Crippen molar-refractivity contribution in [2.24, 2.45) is 11.8 Å². The van der Waals surface area contributed by atoms with Crippen molar-refractivity contribution >= 4 is 11.9 Å². The van der Waals surface area contributed by atoms with E-state index in [4.69, 9.17) is 9.47 Å². The van der Waals surface area contributed by atoms with Gasteiger partial charge in [0.2, 0.25) is 0 Å². The lowest BCUT2D eigenvalue weighted by molar-refractivity contribution is -0.151. The fraction of sp³-hybridized carbons (Fsp3) is 0.909. The minimum absolute atomic E-state index is 0.0226. The Morgan fingerprint density at radius 1 is 0.808 bits per heavy atom. The van der Waals surface area contributed by atoms with Crippen molar-refractivity contribution in [1.82, 2.24) is 0 Å². The van der Waals surface area contributed by atoms with Crippen molar-refractivity contribution in [3.63, 3.8) is 0 Å². The molecular weight excluding hydrogens is 328 g/mol. The van der Waals surface area contributed by atoms with E-state index in [-0.39, 0.29) is 24.1 Å². The molecule has 0 aromatic heterocycles. The molecule has 4 nitrogen and oxygen atoms in total. The molecule has 0 spiro atoms. The van der Waals surface area contributed by atoms with Gasteiger partial charge in [0, 0.05) is 13.3 Å². The largest absolute Gasteiger partial charge is 0.463 e. The van der Waals surface area contributed by atoms with Crippen LogP contribution in [0.4, 0.5) is 0 Å². The Labute approximate surface area is 160 Å². The minimum Gasteiger partial charge on any atom is -0.463 e. The fourth-order valence-corrected chi connectivity index (χ4v) is 4.13. The van der Waals surface area contributed by atoms with Gasteiger partial charge in [-0.1, -0.05) is 45.4 Å². The molecule has 2 saturated carbocycles. The van der Waals surface area contributed by atoms with Gasteiger partial charge in [-0.3, -0.25) is 9.59 Å². The molecule has 0 bridgehead atoms. The molecule has 2 fully saturated rings. The average Bonchev–Trinajstić information content (AvgIpc) is 2.63. The topological polar surface area (TPSA) is 52.6 Å². The summed E-state index contributed by atoms with van der Waals surface area (Å²) in [6.45, 7) is 7.55. The second-order valence-electron chi connectivity index (χ2n) is 8.06. The van der Waals surface area contributed by atoms with E-state index in [9.17, 15) is 9.59 Å². The molecule has 152 valence electrons. The summed E-state index contributed by atoms with van der Waals surface area (Å²) in [6, 6.07) is 0. The summed E-state index contributed by atoms with van der Waals surface area (Å²) >= 11 is 0. The van der Waals surface area contributed by atoms with Crippen LogP contribution in [-0.2, 0) is 19.1 Å². The number of esters is 2. The van der Waals surface area contributed by atoms with Crippen LogP contribution >= 0.6 is 0 Å². The van der Waals surface area contributed by atoms with Crippen molar-refractivity contribution in [2.45, 2.75) is 117 Å². The van der Waals surface area contributed by atoms with Gasteiger partial charge in [-0.2, -0.15) is 0 Å². The average molecular weight is 369 g/mol. The van der Waals surface area contributed by atoms with E-state index in [1.165, 1.54) is 71.1 Å². The van der Waals surface area contributed by atoms with Gasteiger partial charge < -0.3 is 9.47 Å². The summed E-state index contributed by atoms with van der Waals surface area (Å²) in [5, 5.41) is 0. The third kappa shape index (κ3) is 9.59. The first-order chi connectivity index (χ1) is 12.4. The predicted molar refractivity (Wildman–Crippen MR) is 105 cm³/mol. The van der Waals surface area contributed by atoms with Crippen LogP contribution < -0.4 is 0 Å². The molecule has 2 rings (SSSR count). The highest BCUT2D eigenvalue weighted by Gasteiger charge is 2.23. The van der Waals surface area contributed by atoms with Crippen molar-refractivity contribution in [3.8, 4) is 0 Å². The van der Waals surface area contributed by atoms with E-state index >= 15 is 0 Å². The molecule has 0 amide bonds. The summed E-state index contributed by atoms with van der Waals surface area (Å²) in [5.74, 6) is 1.06. The summed E-state index contributed by atoms with van der Waals surface area (Å²) < 4.78 is 10.5. The maximum Gasteiger partial charge on any atom is 0.306 e. The highest BCUT2D eigenvalue weighted by atomic mass is 16.5. The molecule has 0 saturated heterocycles. The lowest BCUT2D eigenvalue weighted by atomic mass is 9.86. The second-order valence-corrected chi connectivity index (χ2v) is 8.06. The van der Waals surface area contributed by atoms with Gasteiger partial charge in [0.15, 0.2) is 0 Å². The number of carbonyl (C=O) groups excluding carboxylic acids is 2. The van der Waals surface area contributed by atoms with Gasteiger partial charge in [-0.15, -0.1) is 0 Å². The highest BCUT2D eigenvalue weighted by Crippen LogP contribution is 2.28. The van der Waals surface area contributed by atoms with E-state index in [0.29, 0.717) is 18.3 Å². The van der Waals surface area contributed by atoms with Crippen LogP contribution in [0.5, 0.6) is 0 Å². The van der Waals surface area contributed by atoms with Crippen molar-refractivity contribution < 1.29 is 19.1 Å². The molecule has 2 aliphatic rings. The van der Waals surface area contributed by atoms with Gasteiger partial charge in [0.1, 0.15) is 12.2 Å². The maximum absolute atomic E-state index is 11.3. The zero-order valence-corrected chi connectivity index (χ0v) is 17.4. The van der Waals surface area contributed by atoms with Crippen LogP contribution in [0.1, 0.15) is 105 Å². The van der Waals surface area contributed by atoms with E-state index in [0.717, 1.165) is 6.42 Å². The lowest BCUT2D eigenvalue weighted by Crippen LogP contribution is -2.25. The van der Waals surface area contributed by atoms with Gasteiger partial charge in [0.05, 0.1) is 0 Å². The number of rotatable bonds is 6. The third-order valence-corrected chi connectivity index (χ3v) is 5.75. The molecule has 2 atom stereocenters. The quantitative estimate of drug-likeness (QED) is 0.555. The molecule has 0 heterocycles. The monoisotopic (exact) mass is 368 g/mol. The smallest absolute Gasteiger partial charge is 0.306 e. The predicted octanol–water partition coefficient (Wildman–Crippen LogP) is 5.82. The van der Waals surface area contributed by atoms with Gasteiger partial charge in [-0.05, 0) is 57.8 Å². The van der Waals surface area contributed by atoms with Crippen LogP contribution in [0.2, 0.25) is 0 Å². The van der Waals surface area contributed by atoms with Crippen LogP contribution in [0, 0.1) is 11.8 Å². The van der Waals surface area contributed by atoms with Crippen LogP contribution in [0.15, 0.2) is 0 Å². The number of carbonyl (C=O) groups is 2. The Kier molecular flexibility index (Phi) is 11.6. The zero-order valence-electron chi connectivity index (χ0n) is 17.4. The number of ether oxygens (including phenoxy) is 2. The molecule has 0 unspecified atom stereocenters. The Balaban J connectivity index is 0.000000263. The van der Waals surface area contributed by atoms with Crippen LogP contribution in [0.25, 0.3) is 0 Å². The Bertz CT molecular complexity index is 395. The van der Waals surface area contributed by atoms with Gasteiger partial charge in [0.25, 0.3) is 0 Å². The highest BCUT2D eigenvalue weighted by molar-refractivity contribution is 5.69. The summed E-state index contributed by atoms with van der Waals surface area (Å²) in [4.78, 5) is 21.9. The van der Waals surface area contributed by atoms with Gasteiger partial charge in [-0.25, -0.2) is 0 Å². The molecule has 2 aliphatic carbocycles. The zero-order chi connectivity index (χ0) is 19.4. The Morgan fingerprint density at radius 3 is 1.62 bits per heavy atom. The van der Waals surface area contributed by atoms with E-state index in [2.05, 4.69) is 0 Å². The SMILES string of the molecule is CC(=O)O[C@@H](C)C1CCCCC1.CCCC(=O)O[C@H](C)C1CCCCC1. The number of hydrogen-bond donors (Lipinski definition) is 0. The van der Waals surface area contributed by atoms with Crippen LogP contribution in [0.3, 0.4) is 0 Å². The van der Waals surface area contributed by atoms with Gasteiger partial charge >= 0.3 is 11.9 Å². The van der Waals surface area contributed by atoms with Crippen LogP contribution in [-0.4, -0.2) is 24.1 Å². The molecule has 0 aromatic carbocycles. The Hall–Kier alpha value is -1.06. The first-order valence-electron chi connectivity index (χ1n) is 10.8. The first kappa shape index (κ1) is 23.0. The molecule has 26 heavy (non-hydrogen) atoms. The Morgan fingerprint density at radius 2 is 1.23 bits per heavy atom. The molecular formula is C22H40O4. The molecule has 4 heteroatoms. The normalized spacial score (nSPS) is 21.1. The van der Waals surface area contributed by atoms with E-state index in [1.807, 2.05) is 20.8 Å². The van der Waals surface area contributed by atoms with E-state index in [1.54, 1.807) is 0 Å². The van der Waals surface area contributed by atoms with Crippen molar-refractivity contribution in [1.29, 1.82) is 0 Å². The maximum atomic E-state index is 11.3. The summed E-state index contributed by atoms with van der Waals surface area (Å²) in [6.07, 6.45) is 14.6. The molecule has 0 radical (unpaired) electrons. The standard InChI is InChI=1S/C12H22O2.C10H18O2/c1-3-7-12(13)14-10(2)11-8-5-4-6-9-11;1-8(12-9(2)11)10-6-4-3-5-7-10/h10-11H,3-9H2,1-2H3;8,10H,3-7H2,1-2H3/t10-;8-/m10/s1. The molecule has 0 N–H and O–H groups in total. The second kappa shape index (κ2) is 13.2. The summed E-state index contributed by atoms with van der Waals surface area (Å²) in [7, 11) is 0. The van der Waals surface area contributed by atoms with E-state index < -0.39 is 0 Å². The first-order valence-corrected chi connectivity index (χ1v) is 10.8. The van der Waals surface area contributed by atoms with Crippen molar-refractivity contribution in [2.75, 3.05) is 0 Å². The minimum atomic E-state index is -0.145. The summed E-state index contributed by atoms with van der Waals surface area (Å²) in [5.41, 5.74) is 0. The lowest BCUT2D eigenvalue weighted by Gasteiger charge is -2.27. The fourth-order valence-electron chi connectivity index (χ4n) is 4.13.